The molecule has 3 heterocycles. The Morgan fingerprint density at radius 2 is 1.65 bits per heavy atom. The van der Waals surface area contributed by atoms with Crippen LogP contribution in [0.2, 0.25) is 0 Å². The Labute approximate surface area is 277 Å². The number of aromatic carboxylic acids is 1. The normalized spacial score (nSPS) is 13.2. The highest BCUT2D eigenvalue weighted by molar-refractivity contribution is 6.08. The lowest BCUT2D eigenvalue weighted by Crippen LogP contribution is -2.32. The molecule has 2 aliphatic heterocycles. The molecule has 7 rings (SSSR count). The number of nitrogen functional groups attached to an aromatic ring is 1. The quantitative estimate of drug-likeness (QED) is 0.177. The topological polar surface area (TPSA) is 145 Å². The number of aromatic nitrogens is 1. The minimum atomic E-state index is -0.946. The summed E-state index contributed by atoms with van der Waals surface area (Å²) in [5, 5.41) is 12.5. The molecular weight excluding hydrogens is 612 g/mol. The molecule has 0 spiro atoms. The molecule has 0 radical (unpaired) electrons. The number of carbonyl (C=O) groups is 2. The van der Waals surface area contributed by atoms with Crippen molar-refractivity contribution in [2.24, 2.45) is 0 Å². The molecule has 5 aromatic rings. The smallest absolute Gasteiger partial charge is 0.337 e. The van der Waals surface area contributed by atoms with E-state index in [1.54, 1.807) is 32.4 Å². The maximum atomic E-state index is 12.7. The van der Waals surface area contributed by atoms with E-state index in [1.165, 1.54) is 22.9 Å². The number of anilines is 2. The molecule has 48 heavy (non-hydrogen) atoms. The van der Waals surface area contributed by atoms with Crippen LogP contribution in [0.5, 0.6) is 23.0 Å². The molecule has 0 fully saturated rings. The first kappa shape index (κ1) is 32.1. The lowest BCUT2D eigenvalue weighted by molar-refractivity contribution is 0.0696. The van der Waals surface area contributed by atoms with E-state index in [9.17, 15) is 9.59 Å². The zero-order chi connectivity index (χ0) is 33.6. The van der Waals surface area contributed by atoms with Gasteiger partial charge >= 0.3 is 5.97 Å². The fourth-order valence-corrected chi connectivity index (χ4v) is 5.72. The molecule has 0 saturated carbocycles. The summed E-state index contributed by atoms with van der Waals surface area (Å²) < 4.78 is 21.6. The van der Waals surface area contributed by atoms with Crippen LogP contribution in [0.25, 0.3) is 10.9 Å². The third-order valence-corrected chi connectivity index (χ3v) is 8.35. The maximum absolute atomic E-state index is 12.7. The zero-order valence-corrected chi connectivity index (χ0v) is 26.7. The van der Waals surface area contributed by atoms with Gasteiger partial charge in [0.15, 0.2) is 23.0 Å². The summed E-state index contributed by atoms with van der Waals surface area (Å²) in [6.45, 7) is 2.98. The van der Waals surface area contributed by atoms with Crippen molar-refractivity contribution in [3.8, 4) is 23.0 Å². The van der Waals surface area contributed by atoms with Gasteiger partial charge in [-0.1, -0.05) is 30.3 Å². The van der Waals surface area contributed by atoms with Crippen LogP contribution in [0.1, 0.15) is 37.4 Å². The van der Waals surface area contributed by atoms with Crippen LogP contribution in [-0.2, 0) is 19.4 Å². The third-order valence-electron chi connectivity index (χ3n) is 8.35. The number of para-hydroxylation sites is 1. The minimum Gasteiger partial charge on any atom is -0.493 e. The number of nitrogens with two attached hydrogens (primary N) is 1. The summed E-state index contributed by atoms with van der Waals surface area (Å²) in [5.41, 5.74) is 12.3. The number of nitrogens with zero attached hydrogens (tertiary/aromatic N) is 2. The number of nitrogens with one attached hydrogen (secondary N) is 1. The molecule has 4 aromatic carbocycles. The van der Waals surface area contributed by atoms with Gasteiger partial charge in [-0.25, -0.2) is 4.79 Å². The summed E-state index contributed by atoms with van der Waals surface area (Å²) in [5.74, 6) is 1.41. The van der Waals surface area contributed by atoms with Crippen LogP contribution in [0, 0.1) is 0 Å². The molecule has 246 valence electrons. The van der Waals surface area contributed by atoms with E-state index in [0.29, 0.717) is 28.4 Å². The second-order valence-electron chi connectivity index (χ2n) is 11.4. The van der Waals surface area contributed by atoms with Crippen molar-refractivity contribution in [3.05, 3.63) is 113 Å². The van der Waals surface area contributed by atoms with Gasteiger partial charge in [-0.2, -0.15) is 0 Å². The van der Waals surface area contributed by atoms with Crippen molar-refractivity contribution in [2.45, 2.75) is 19.4 Å². The number of ether oxygens (including phenoxy) is 4. The molecule has 0 aliphatic carbocycles. The number of benzene rings is 4. The number of hydrogen-bond donors (Lipinski definition) is 3. The van der Waals surface area contributed by atoms with Gasteiger partial charge in [0.2, 0.25) is 6.79 Å². The van der Waals surface area contributed by atoms with Crippen LogP contribution < -0.4 is 30.0 Å². The molecule has 2 aliphatic rings. The van der Waals surface area contributed by atoms with Gasteiger partial charge in [-0.15, -0.1) is 0 Å². The van der Waals surface area contributed by atoms with Gasteiger partial charge in [0.1, 0.15) is 0 Å². The van der Waals surface area contributed by atoms with E-state index < -0.39 is 5.97 Å². The van der Waals surface area contributed by atoms with Crippen LogP contribution in [0.15, 0.2) is 85.1 Å². The zero-order valence-electron chi connectivity index (χ0n) is 26.7. The number of pyridine rings is 1. The van der Waals surface area contributed by atoms with E-state index in [2.05, 4.69) is 27.3 Å². The van der Waals surface area contributed by atoms with Crippen molar-refractivity contribution in [2.75, 3.05) is 45.2 Å². The third kappa shape index (κ3) is 7.26. The largest absolute Gasteiger partial charge is 0.493 e. The minimum absolute atomic E-state index is 0.133. The Hall–Kier alpha value is -5.81. The number of carboxylic acids is 1. The van der Waals surface area contributed by atoms with Crippen molar-refractivity contribution in [3.63, 3.8) is 0 Å². The highest BCUT2D eigenvalue weighted by Gasteiger charge is 2.21. The van der Waals surface area contributed by atoms with Gasteiger partial charge < -0.3 is 35.1 Å². The van der Waals surface area contributed by atoms with E-state index in [0.717, 1.165) is 54.9 Å². The monoisotopic (exact) mass is 648 g/mol. The fourth-order valence-electron chi connectivity index (χ4n) is 5.72. The Morgan fingerprint density at radius 1 is 0.938 bits per heavy atom. The number of methoxy groups -OCH3 is 2. The first-order valence-corrected chi connectivity index (χ1v) is 15.4. The molecule has 1 aromatic heterocycles. The fraction of sp³-hybridized carbons (Fsp3) is 0.216. The van der Waals surface area contributed by atoms with Crippen molar-refractivity contribution in [1.82, 2.24) is 9.88 Å². The van der Waals surface area contributed by atoms with Gasteiger partial charge in [0.25, 0.3) is 5.91 Å². The summed E-state index contributed by atoms with van der Waals surface area (Å²) >= 11 is 0. The number of rotatable bonds is 8. The maximum Gasteiger partial charge on any atom is 0.337 e. The lowest BCUT2D eigenvalue weighted by atomic mass is 9.98. The van der Waals surface area contributed by atoms with Crippen molar-refractivity contribution in [1.29, 1.82) is 0 Å². The second kappa shape index (κ2) is 14.3. The Bertz CT molecular complexity index is 1960. The van der Waals surface area contributed by atoms with E-state index in [-0.39, 0.29) is 18.3 Å². The van der Waals surface area contributed by atoms with Gasteiger partial charge in [0.05, 0.1) is 30.9 Å². The Kier molecular flexibility index (Phi) is 9.58. The van der Waals surface area contributed by atoms with E-state index in [1.807, 2.05) is 48.5 Å². The van der Waals surface area contributed by atoms with E-state index >= 15 is 0 Å². The van der Waals surface area contributed by atoms with Crippen LogP contribution in [-0.4, -0.2) is 61.0 Å². The predicted octanol–water partition coefficient (Wildman–Crippen LogP) is 5.80. The first-order chi connectivity index (χ1) is 23.3. The molecule has 0 saturated heterocycles. The highest BCUT2D eigenvalue weighted by Crippen LogP contribution is 2.36. The van der Waals surface area contributed by atoms with Crippen LogP contribution in [0.3, 0.4) is 0 Å². The molecule has 11 heteroatoms. The second-order valence-corrected chi connectivity index (χ2v) is 11.4. The molecular formula is C37H36N4O7. The molecule has 0 bridgehead atoms. The SMILES string of the molecule is COc1cc2c(cc1OC)CN(CCc1ccc(NC(=O)c3cc4c(cc3N)OCO4)cc1)CC2.O=C(O)c1cnc2ccccc2c1. The molecule has 0 atom stereocenters. The van der Waals surface area contributed by atoms with Gasteiger partial charge in [-0.3, -0.25) is 14.7 Å². The van der Waals surface area contributed by atoms with E-state index in [4.69, 9.17) is 29.8 Å². The number of fused-ring (bicyclic) bond motifs is 3. The average Bonchev–Trinajstić information content (AvgIpc) is 3.57. The summed E-state index contributed by atoms with van der Waals surface area (Å²) in [6.07, 6.45) is 3.28. The molecule has 4 N–H and O–H groups in total. The molecule has 1 amide bonds. The van der Waals surface area contributed by atoms with Crippen LogP contribution in [0.4, 0.5) is 11.4 Å². The number of hydrogen-bond acceptors (Lipinski definition) is 9. The highest BCUT2D eigenvalue weighted by atomic mass is 16.7. The predicted molar refractivity (Wildman–Crippen MR) is 182 cm³/mol. The molecule has 0 unspecified atom stereocenters. The standard InChI is InChI=1S/C27H29N3O5.C10H7NO2/c1-32-23-11-18-8-10-30(15-19(18)12-24(23)33-2)9-7-17-3-5-20(6-4-17)29-27(31)21-13-25-26(14-22(21)28)35-16-34-25;12-10(13)8-5-7-3-1-2-4-9(7)11-6-8/h3-6,11-14H,7-10,15-16,28H2,1-2H3,(H,29,31);1-6H,(H,12,13). The van der Waals surface area contributed by atoms with Crippen LogP contribution >= 0.6 is 0 Å². The summed E-state index contributed by atoms with van der Waals surface area (Å²) in [7, 11) is 3.34. The summed E-state index contributed by atoms with van der Waals surface area (Å²) in [6, 6.07) is 24.4. The molecule has 11 nitrogen and oxygen atoms in total. The van der Waals surface area contributed by atoms with Gasteiger partial charge in [-0.05, 0) is 72.0 Å². The number of amides is 1. The number of carbonyl (C=O) groups excluding carboxylic acids is 1. The number of carboxylic acid groups (broad SMARTS) is 1. The average molecular weight is 649 g/mol. The van der Waals surface area contributed by atoms with Gasteiger partial charge in [0, 0.05) is 48.7 Å². The Balaban J connectivity index is 0.000000257. The first-order valence-electron chi connectivity index (χ1n) is 15.4. The summed E-state index contributed by atoms with van der Waals surface area (Å²) in [4.78, 5) is 29.8. The lowest BCUT2D eigenvalue weighted by Gasteiger charge is -2.29. The van der Waals surface area contributed by atoms with Crippen molar-refractivity contribution >= 4 is 34.2 Å². The van der Waals surface area contributed by atoms with Crippen molar-refractivity contribution < 1.29 is 33.6 Å². The Morgan fingerprint density at radius 3 is 2.38 bits per heavy atom.